The van der Waals surface area contributed by atoms with E-state index in [1.165, 1.54) is 55.9 Å². The van der Waals surface area contributed by atoms with E-state index in [4.69, 9.17) is 4.99 Å². The number of carbonyl (C=O) groups is 4. The van der Waals surface area contributed by atoms with E-state index in [-0.39, 0.29) is 44.6 Å². The van der Waals surface area contributed by atoms with E-state index >= 15 is 0 Å². The molecule has 0 N–H and O–H groups in total. The molecule has 0 amide bonds. The fraction of sp³-hybridized carbons (Fsp3) is 0.620. The highest BCUT2D eigenvalue weighted by Crippen LogP contribution is 2.68. The summed E-state index contributed by atoms with van der Waals surface area (Å²) in [6.07, 6.45) is 12.1. The van der Waals surface area contributed by atoms with Gasteiger partial charge in [0.2, 0.25) is 0 Å². The van der Waals surface area contributed by atoms with Crippen LogP contribution in [0.1, 0.15) is 151 Å². The van der Waals surface area contributed by atoms with E-state index in [0.717, 1.165) is 55.0 Å². The van der Waals surface area contributed by atoms with Crippen molar-refractivity contribution in [2.75, 3.05) is 13.7 Å². The van der Waals surface area contributed by atoms with Gasteiger partial charge in [-0.2, -0.15) is 0 Å². The Bertz CT molecular complexity index is 2400. The second-order valence-electron chi connectivity index (χ2n) is 21.1. The quantitative estimate of drug-likeness (QED) is 0.140. The Morgan fingerprint density at radius 2 is 1.21 bits per heavy atom. The van der Waals surface area contributed by atoms with E-state index in [0.29, 0.717) is 34.4 Å². The van der Waals surface area contributed by atoms with Crippen LogP contribution in [0.15, 0.2) is 47.7 Å². The predicted octanol–water partition coefficient (Wildman–Crippen LogP) is 9.03. The molecule has 6 saturated carbocycles. The number of Topliss-reactive ketones (excluding diaryl/α,β-unsaturated/α-hetero) is 3. The summed E-state index contributed by atoms with van der Waals surface area (Å²) in [5.74, 6) is 1.02. The van der Waals surface area contributed by atoms with Crippen molar-refractivity contribution in [1.82, 2.24) is 29.9 Å². The van der Waals surface area contributed by atoms with E-state index in [9.17, 15) is 19.2 Å². The number of nitrogens with zero attached hydrogens (tertiary/aromatic N) is 7. The van der Waals surface area contributed by atoms with Crippen LogP contribution >= 0.6 is 0 Å². The first-order valence-electron chi connectivity index (χ1n) is 22.3. The minimum atomic E-state index is -0.516. The number of methoxy groups -OCH3 is 1. The zero-order valence-electron chi connectivity index (χ0n) is 39.1. The molecule has 3 aromatic rings. The molecule has 0 radical (unpaired) electrons. The standard InChI is InChI=1S/C17H21N3.C16H20N2O2.C10H16O.C7H8N2O2/c1-10-7-13(20-9-19-10)11-8-18-15-14(11)12-5-6-17(15,4)16(12,2)3;1-9-7-11(18-8-17-9)13(19)12-10-5-6-16(4,14(12)20)15(10,2)3;1-9(2)7-4-5-10(9,3)8(11)6-7;1-5-3-6(7(10)11-2)9-4-8-5/h7,9,12H,5-6,8H2,1-4H3;7-8,10,12H,5-6H2,1-4H3;7H,4-6H2,1-3H3;3-4H,1-2H3. The van der Waals surface area contributed by atoms with Crippen molar-refractivity contribution in [2.45, 2.75) is 128 Å². The minimum absolute atomic E-state index is 0.0255. The topological polar surface area (TPSA) is 167 Å². The number of aromatic nitrogens is 6. The lowest BCUT2D eigenvalue weighted by atomic mass is 9.70. The maximum Gasteiger partial charge on any atom is 0.356 e. The van der Waals surface area contributed by atoms with Crippen LogP contribution in [-0.4, -0.2) is 72.6 Å². The third kappa shape index (κ3) is 6.89. The lowest BCUT2D eigenvalue weighted by Crippen LogP contribution is -2.35. The summed E-state index contributed by atoms with van der Waals surface area (Å²) in [6, 6.07) is 5.35. The number of hydrogen-bond donors (Lipinski definition) is 0. The van der Waals surface area contributed by atoms with Gasteiger partial charge in [0.15, 0.2) is 11.5 Å². The van der Waals surface area contributed by atoms with Crippen LogP contribution in [-0.2, 0) is 14.3 Å². The van der Waals surface area contributed by atoms with Crippen LogP contribution in [0.4, 0.5) is 0 Å². The Kier molecular flexibility index (Phi) is 11.5. The van der Waals surface area contributed by atoms with Gasteiger partial charge in [-0.25, -0.2) is 34.7 Å². The summed E-state index contributed by atoms with van der Waals surface area (Å²) in [6.45, 7) is 26.6. The third-order valence-electron chi connectivity index (χ3n) is 17.7. The van der Waals surface area contributed by atoms with Crippen molar-refractivity contribution >= 4 is 34.6 Å². The summed E-state index contributed by atoms with van der Waals surface area (Å²) >= 11 is 0. The highest BCUT2D eigenvalue weighted by molar-refractivity contribution is 6.16. The summed E-state index contributed by atoms with van der Waals surface area (Å²) in [5, 5.41) is 0. The zero-order chi connectivity index (χ0) is 45.4. The number of hydrogen-bond acceptors (Lipinski definition) is 12. The lowest BCUT2D eigenvalue weighted by molar-refractivity contribution is -0.130. The van der Waals surface area contributed by atoms with Gasteiger partial charge < -0.3 is 4.74 Å². The van der Waals surface area contributed by atoms with Crippen LogP contribution in [0.3, 0.4) is 0 Å². The zero-order valence-corrected chi connectivity index (χ0v) is 39.1. The van der Waals surface area contributed by atoms with Crippen LogP contribution in [0.25, 0.3) is 5.57 Å². The Morgan fingerprint density at radius 3 is 1.71 bits per heavy atom. The van der Waals surface area contributed by atoms with Crippen molar-refractivity contribution in [2.24, 2.45) is 61.2 Å². The molecule has 0 saturated heterocycles. The Labute approximate surface area is 367 Å². The summed E-state index contributed by atoms with van der Waals surface area (Å²) < 4.78 is 4.46. The highest BCUT2D eigenvalue weighted by atomic mass is 16.5. The van der Waals surface area contributed by atoms with Crippen molar-refractivity contribution in [3.05, 3.63) is 76.9 Å². The number of carbonyl (C=O) groups excluding carboxylic acids is 4. The second-order valence-corrected chi connectivity index (χ2v) is 21.1. The van der Waals surface area contributed by atoms with Gasteiger partial charge in [0, 0.05) is 51.0 Å². The second kappa shape index (κ2) is 15.7. The molecule has 62 heavy (non-hydrogen) atoms. The van der Waals surface area contributed by atoms with Gasteiger partial charge in [0.25, 0.3) is 0 Å². The molecule has 0 aromatic carbocycles. The molecule has 1 aliphatic heterocycles. The number of fused-ring (bicyclic) bond motifs is 9. The molecule has 10 rings (SSSR count). The first-order valence-corrected chi connectivity index (χ1v) is 22.3. The molecular formula is C50H65N7O5. The van der Waals surface area contributed by atoms with Gasteiger partial charge in [-0.3, -0.25) is 19.4 Å². The largest absolute Gasteiger partial charge is 0.464 e. The molecule has 7 atom stereocenters. The molecule has 0 spiro atoms. The van der Waals surface area contributed by atoms with E-state index in [2.05, 4.69) is 96.1 Å². The van der Waals surface area contributed by atoms with Gasteiger partial charge >= 0.3 is 5.97 Å². The van der Waals surface area contributed by atoms with Crippen molar-refractivity contribution < 1.29 is 23.9 Å². The maximum atomic E-state index is 12.7. The summed E-state index contributed by atoms with van der Waals surface area (Å²) in [5.41, 5.74) is 8.97. The molecule has 12 heteroatoms. The van der Waals surface area contributed by atoms with Crippen molar-refractivity contribution in [3.8, 4) is 0 Å². The molecule has 3 aromatic heterocycles. The predicted molar refractivity (Wildman–Crippen MR) is 237 cm³/mol. The molecule has 7 aliphatic rings. The Hall–Kier alpha value is -4.87. The van der Waals surface area contributed by atoms with Gasteiger partial charge in [0.1, 0.15) is 36.2 Å². The van der Waals surface area contributed by atoms with Crippen LogP contribution < -0.4 is 0 Å². The number of allylic oxidation sites excluding steroid dienone is 1. The molecular weight excluding hydrogens is 779 g/mol. The molecule has 6 bridgehead atoms. The average Bonchev–Trinajstić information content (AvgIpc) is 4.00. The lowest BCUT2D eigenvalue weighted by Gasteiger charge is -2.33. The van der Waals surface area contributed by atoms with Crippen LogP contribution in [0.2, 0.25) is 0 Å². The van der Waals surface area contributed by atoms with E-state index in [1.54, 1.807) is 25.4 Å². The Morgan fingerprint density at radius 1 is 0.645 bits per heavy atom. The van der Waals surface area contributed by atoms with Gasteiger partial charge in [0.05, 0.1) is 25.3 Å². The SMILES string of the molecule is CC12CCC(CC1=O)C2(C)C.COC(=O)c1cc(C)ncn1.Cc1cc(C(=O)C2C(=O)C3(C)CCC2C3(C)C)ncn1.Cc1cc(C2=C3C(=NC2)C2(C)CCC3C2(C)C)ncn1. The number of ketones is 3. The van der Waals surface area contributed by atoms with Crippen LogP contribution in [0.5, 0.6) is 0 Å². The number of esters is 1. The first kappa shape index (κ1) is 45.2. The maximum absolute atomic E-state index is 12.7. The highest BCUT2D eigenvalue weighted by Gasteiger charge is 2.68. The van der Waals surface area contributed by atoms with Gasteiger partial charge in [-0.05, 0) is 117 Å². The number of aliphatic imine (C=N–C) groups is 1. The molecule has 12 nitrogen and oxygen atoms in total. The molecule has 4 heterocycles. The summed E-state index contributed by atoms with van der Waals surface area (Å²) in [4.78, 5) is 77.1. The molecule has 6 aliphatic carbocycles. The van der Waals surface area contributed by atoms with E-state index in [1.807, 2.05) is 20.8 Å². The van der Waals surface area contributed by atoms with Crippen LogP contribution in [0, 0.1) is 76.9 Å². The Balaban J connectivity index is 0.000000129. The molecule has 330 valence electrons. The van der Waals surface area contributed by atoms with Gasteiger partial charge in [-0.15, -0.1) is 0 Å². The summed E-state index contributed by atoms with van der Waals surface area (Å²) in [7, 11) is 1.32. The normalized spacial score (nSPS) is 31.9. The first-order chi connectivity index (χ1) is 29.0. The molecule has 6 fully saturated rings. The third-order valence-corrected chi connectivity index (χ3v) is 17.7. The number of rotatable bonds is 4. The number of aryl methyl sites for hydroxylation is 3. The fourth-order valence-corrected chi connectivity index (χ4v) is 12.3. The monoisotopic (exact) mass is 844 g/mol. The van der Waals surface area contributed by atoms with E-state index < -0.39 is 11.9 Å². The van der Waals surface area contributed by atoms with Crippen molar-refractivity contribution in [3.63, 3.8) is 0 Å². The molecule has 7 unspecified atom stereocenters. The average molecular weight is 844 g/mol. The smallest absolute Gasteiger partial charge is 0.356 e. The fourth-order valence-electron chi connectivity index (χ4n) is 12.3. The minimum Gasteiger partial charge on any atom is -0.464 e. The number of ether oxygens (including phenoxy) is 1. The van der Waals surface area contributed by atoms with Gasteiger partial charge in [-0.1, -0.05) is 62.3 Å². The van der Waals surface area contributed by atoms with Crippen molar-refractivity contribution in [1.29, 1.82) is 0 Å².